The molecule has 1 rings (SSSR count). The molecule has 8 nitrogen and oxygen atoms in total. The maximum Gasteiger partial charge on any atom is 0.251 e. The average molecular weight is 580 g/mol. The zero-order chi connectivity index (χ0) is 30.8. The molecule has 8 heteroatoms. The van der Waals surface area contributed by atoms with Crippen LogP contribution in [0.4, 0.5) is 0 Å². The van der Waals surface area contributed by atoms with Gasteiger partial charge in [0.1, 0.15) is 0 Å². The molecule has 0 bridgehead atoms. The third kappa shape index (κ3) is 18.3. The van der Waals surface area contributed by atoms with Crippen LogP contribution < -0.4 is 10.6 Å². The summed E-state index contributed by atoms with van der Waals surface area (Å²) < 4.78 is 0. The van der Waals surface area contributed by atoms with E-state index >= 15 is 0 Å². The molecule has 0 aliphatic carbocycles. The van der Waals surface area contributed by atoms with Crippen molar-refractivity contribution in [3.05, 3.63) is 90.6 Å². The van der Waals surface area contributed by atoms with E-state index in [0.29, 0.717) is 39.0 Å². The normalized spacial score (nSPS) is 12.4. The van der Waals surface area contributed by atoms with Gasteiger partial charge in [-0.1, -0.05) is 79.8 Å². The van der Waals surface area contributed by atoms with Crippen LogP contribution >= 0.6 is 0 Å². The summed E-state index contributed by atoms with van der Waals surface area (Å²) in [6.45, 7) is 4.17. The van der Waals surface area contributed by atoms with E-state index in [1.54, 1.807) is 0 Å². The third-order valence-electron chi connectivity index (χ3n) is 6.06. The van der Waals surface area contributed by atoms with Crippen molar-refractivity contribution in [3.63, 3.8) is 0 Å². The number of phenolic OH excluding ortho intramolecular Hbond substituents is 3. The number of carbonyl (C=O) groups excluding carboxylic acids is 2. The second kappa shape index (κ2) is 23.6. The first-order valence-electron chi connectivity index (χ1n) is 14.7. The van der Waals surface area contributed by atoms with E-state index in [-0.39, 0.29) is 11.5 Å². The quantitative estimate of drug-likeness (QED) is 0.0892. The van der Waals surface area contributed by atoms with Gasteiger partial charge in [0.25, 0.3) is 5.91 Å². The number of phenols is 3. The second-order valence-electron chi connectivity index (χ2n) is 9.73. The largest absolute Gasteiger partial charge is 0.504 e. The maximum absolute atomic E-state index is 12.1. The fourth-order valence-corrected chi connectivity index (χ4v) is 3.64. The molecule has 0 aromatic heterocycles. The summed E-state index contributed by atoms with van der Waals surface area (Å²) in [4.78, 5) is 26.1. The number of rotatable bonds is 21. The molecule has 42 heavy (non-hydrogen) atoms. The van der Waals surface area contributed by atoms with Gasteiger partial charge in [0.15, 0.2) is 17.2 Å². The Balaban J connectivity index is 2.03. The molecular formula is C34H49N3O5. The average Bonchev–Trinajstić information content (AvgIpc) is 2.96. The molecular weight excluding hydrogens is 530 g/mol. The predicted molar refractivity (Wildman–Crippen MR) is 172 cm³/mol. The fraction of sp³-hybridized carbons (Fsp3) is 0.412. The number of hydrogen-bond donors (Lipinski definition) is 5. The summed E-state index contributed by atoms with van der Waals surface area (Å²) in [5, 5.41) is 34.0. The molecule has 2 amide bonds. The SMILES string of the molecule is CC/C=C\C/C=C\C/C=C\C/C=C\C/C=C\C/C=C\CCC(=O)NCCN(C)CCNC(=O)c1cc(O)c(O)c(O)c1. The summed E-state index contributed by atoms with van der Waals surface area (Å²) in [5.41, 5.74) is 0.0459. The van der Waals surface area contributed by atoms with Gasteiger partial charge in [0.05, 0.1) is 0 Å². The lowest BCUT2D eigenvalue weighted by atomic mass is 10.1. The topological polar surface area (TPSA) is 122 Å². The molecule has 0 unspecified atom stereocenters. The molecule has 0 radical (unpaired) electrons. The standard InChI is InChI=1S/C34H49N3O5/c1-3-4-5-6-7-8-9-10-11-12-13-14-15-16-17-18-19-20-21-22-32(40)35-23-25-37(2)26-24-36-34(42)29-27-30(38)33(41)31(39)28-29/h4-5,7-8,10-11,13-14,16-17,19-20,27-28,38-39,41H,3,6,9,12,15,18,21-26H2,1-2H3,(H,35,40)(H,36,42)/b5-4-,8-7-,11-10-,14-13-,17-16-,20-19-. The Hall–Kier alpha value is -4.04. The number of nitrogens with zero attached hydrogens (tertiary/aromatic N) is 1. The monoisotopic (exact) mass is 579 g/mol. The summed E-state index contributed by atoms with van der Waals surface area (Å²) in [5.74, 6) is -2.26. The third-order valence-corrected chi connectivity index (χ3v) is 6.06. The number of carbonyl (C=O) groups is 2. The first-order valence-corrected chi connectivity index (χ1v) is 14.7. The van der Waals surface area contributed by atoms with Crippen molar-refractivity contribution in [2.24, 2.45) is 0 Å². The maximum atomic E-state index is 12.1. The minimum Gasteiger partial charge on any atom is -0.504 e. The first-order chi connectivity index (χ1) is 20.3. The summed E-state index contributed by atoms with van der Waals surface area (Å²) in [6, 6.07) is 2.17. The van der Waals surface area contributed by atoms with Gasteiger partial charge in [-0.15, -0.1) is 0 Å². The van der Waals surface area contributed by atoms with E-state index in [0.717, 1.165) is 50.7 Å². The van der Waals surface area contributed by atoms with Crippen LogP contribution in [0.25, 0.3) is 0 Å². The molecule has 230 valence electrons. The van der Waals surface area contributed by atoms with Crippen molar-refractivity contribution < 1.29 is 24.9 Å². The number of allylic oxidation sites excluding steroid dienone is 12. The zero-order valence-corrected chi connectivity index (χ0v) is 25.2. The summed E-state index contributed by atoms with van der Waals surface area (Å²) >= 11 is 0. The minimum absolute atomic E-state index is 0.00294. The molecule has 0 heterocycles. The van der Waals surface area contributed by atoms with Crippen molar-refractivity contribution in [3.8, 4) is 17.2 Å². The van der Waals surface area contributed by atoms with E-state index in [1.807, 2.05) is 18.0 Å². The molecule has 5 N–H and O–H groups in total. The molecule has 0 aliphatic rings. The lowest BCUT2D eigenvalue weighted by Crippen LogP contribution is -2.37. The molecule has 0 fully saturated rings. The number of benzene rings is 1. The molecule has 0 saturated carbocycles. The minimum atomic E-state index is -0.661. The van der Waals surface area contributed by atoms with Gasteiger partial charge < -0.3 is 30.9 Å². The van der Waals surface area contributed by atoms with Crippen LogP contribution in [0.15, 0.2) is 85.0 Å². The van der Waals surface area contributed by atoms with Gasteiger partial charge >= 0.3 is 0 Å². The highest BCUT2D eigenvalue weighted by molar-refractivity contribution is 5.95. The number of aromatic hydroxyl groups is 3. The van der Waals surface area contributed by atoms with Gasteiger partial charge in [-0.3, -0.25) is 9.59 Å². The number of nitrogens with one attached hydrogen (secondary N) is 2. The number of amides is 2. The Kier molecular flexibility index (Phi) is 20.3. The highest BCUT2D eigenvalue weighted by Crippen LogP contribution is 2.35. The lowest BCUT2D eigenvalue weighted by molar-refractivity contribution is -0.121. The van der Waals surface area contributed by atoms with E-state index < -0.39 is 23.2 Å². The number of hydrogen-bond acceptors (Lipinski definition) is 6. The molecule has 0 spiro atoms. The van der Waals surface area contributed by atoms with Crippen molar-refractivity contribution >= 4 is 11.8 Å². The van der Waals surface area contributed by atoms with Crippen LogP contribution in [-0.4, -0.2) is 65.3 Å². The number of likely N-dealkylation sites (N-methyl/N-ethyl adjacent to an activating group) is 1. The Bertz CT molecular complexity index is 1080. The van der Waals surface area contributed by atoms with Gasteiger partial charge in [-0.25, -0.2) is 0 Å². The van der Waals surface area contributed by atoms with Crippen LogP contribution in [0, 0.1) is 0 Å². The molecule has 1 aromatic rings. The van der Waals surface area contributed by atoms with E-state index in [4.69, 9.17) is 0 Å². The summed E-state index contributed by atoms with van der Waals surface area (Å²) in [6.07, 6.45) is 32.8. The van der Waals surface area contributed by atoms with E-state index in [2.05, 4.69) is 84.4 Å². The van der Waals surface area contributed by atoms with Crippen LogP contribution in [0.5, 0.6) is 17.2 Å². The Morgan fingerprint density at radius 1 is 0.690 bits per heavy atom. The van der Waals surface area contributed by atoms with Crippen LogP contribution in [0.3, 0.4) is 0 Å². The van der Waals surface area contributed by atoms with Gasteiger partial charge in [-0.05, 0) is 64.1 Å². The van der Waals surface area contributed by atoms with Gasteiger partial charge in [-0.2, -0.15) is 0 Å². The Morgan fingerprint density at radius 2 is 1.12 bits per heavy atom. The smallest absolute Gasteiger partial charge is 0.251 e. The highest BCUT2D eigenvalue weighted by Gasteiger charge is 2.13. The highest BCUT2D eigenvalue weighted by atomic mass is 16.3. The van der Waals surface area contributed by atoms with Gasteiger partial charge in [0, 0.05) is 38.2 Å². The molecule has 0 saturated heterocycles. The first kappa shape index (κ1) is 36.0. The van der Waals surface area contributed by atoms with E-state index in [1.165, 1.54) is 0 Å². The molecule has 0 atom stereocenters. The molecule has 0 aliphatic heterocycles. The Morgan fingerprint density at radius 3 is 1.60 bits per heavy atom. The van der Waals surface area contributed by atoms with Crippen molar-refractivity contribution in [2.75, 3.05) is 33.2 Å². The van der Waals surface area contributed by atoms with Crippen molar-refractivity contribution in [2.45, 2.75) is 58.3 Å². The van der Waals surface area contributed by atoms with Crippen LogP contribution in [0.1, 0.15) is 68.6 Å². The van der Waals surface area contributed by atoms with Gasteiger partial charge in [0.2, 0.25) is 5.91 Å². The zero-order valence-electron chi connectivity index (χ0n) is 25.2. The summed E-state index contributed by atoms with van der Waals surface area (Å²) in [7, 11) is 1.88. The van der Waals surface area contributed by atoms with Crippen LogP contribution in [-0.2, 0) is 4.79 Å². The van der Waals surface area contributed by atoms with Crippen LogP contribution in [0.2, 0.25) is 0 Å². The second-order valence-corrected chi connectivity index (χ2v) is 9.73. The predicted octanol–water partition coefficient (Wildman–Crippen LogP) is 6.06. The van der Waals surface area contributed by atoms with E-state index in [9.17, 15) is 24.9 Å². The van der Waals surface area contributed by atoms with Crippen molar-refractivity contribution in [1.82, 2.24) is 15.5 Å². The molecule has 1 aromatic carbocycles. The lowest BCUT2D eigenvalue weighted by Gasteiger charge is -2.17. The fourth-order valence-electron chi connectivity index (χ4n) is 3.64. The van der Waals surface area contributed by atoms with Crippen molar-refractivity contribution in [1.29, 1.82) is 0 Å². The Labute approximate surface area is 251 Å².